The number of carbonyl (C=O) groups excluding carboxylic acids is 2. The van der Waals surface area contributed by atoms with Gasteiger partial charge >= 0.3 is 11.8 Å². The van der Waals surface area contributed by atoms with E-state index in [9.17, 15) is 9.59 Å². The largest absolute Gasteiger partial charge is 0.398 e. The molecule has 4 N–H and O–H groups in total. The number of nitrogens with one attached hydrogen (secondary N) is 2. The third kappa shape index (κ3) is 4.48. The fourth-order valence-electron chi connectivity index (χ4n) is 3.20. The molecule has 0 spiro atoms. The highest BCUT2D eigenvalue weighted by Gasteiger charge is 2.15. The molecule has 1 aromatic carbocycles. The van der Waals surface area contributed by atoms with Gasteiger partial charge in [-0.1, -0.05) is 6.07 Å². The van der Waals surface area contributed by atoms with Crippen molar-refractivity contribution in [3.8, 4) is 11.1 Å². The van der Waals surface area contributed by atoms with Gasteiger partial charge in [-0.2, -0.15) is 0 Å². The molecule has 4 aromatic rings. The van der Waals surface area contributed by atoms with Crippen LogP contribution in [0.1, 0.15) is 11.3 Å². The Kier molecular flexibility index (Phi) is 5.53. The van der Waals surface area contributed by atoms with E-state index >= 15 is 0 Å². The molecule has 31 heavy (non-hydrogen) atoms. The molecule has 0 unspecified atom stereocenters. The molecule has 4 rings (SSSR count). The number of hydrogen-bond donors (Lipinski definition) is 3. The van der Waals surface area contributed by atoms with Crippen LogP contribution in [0, 0.1) is 6.92 Å². The van der Waals surface area contributed by atoms with E-state index in [1.165, 1.54) is 0 Å². The van der Waals surface area contributed by atoms with Crippen molar-refractivity contribution in [2.45, 2.75) is 13.5 Å². The van der Waals surface area contributed by atoms with Gasteiger partial charge in [-0.25, -0.2) is 4.98 Å². The Hall–Kier alpha value is -4.33. The van der Waals surface area contributed by atoms with Crippen LogP contribution in [0.4, 0.5) is 11.5 Å². The van der Waals surface area contributed by atoms with Crippen LogP contribution in [0.15, 0.2) is 67.3 Å². The Labute approximate surface area is 178 Å². The lowest BCUT2D eigenvalue weighted by Crippen LogP contribution is -2.35. The SMILES string of the molecule is Cc1ccncc1-c1cc(N)c2cnc(NC(=O)C(=O)NCc3ccccn3)cc2c1. The highest BCUT2D eigenvalue weighted by atomic mass is 16.2. The van der Waals surface area contributed by atoms with Gasteiger partial charge in [0.2, 0.25) is 0 Å². The van der Waals surface area contributed by atoms with Crippen molar-refractivity contribution in [3.05, 3.63) is 78.5 Å². The summed E-state index contributed by atoms with van der Waals surface area (Å²) in [7, 11) is 0. The van der Waals surface area contributed by atoms with Gasteiger partial charge in [0, 0.05) is 41.4 Å². The molecule has 0 fully saturated rings. The van der Waals surface area contributed by atoms with Gasteiger partial charge < -0.3 is 16.4 Å². The van der Waals surface area contributed by atoms with Crippen LogP contribution in [0.5, 0.6) is 0 Å². The third-order valence-electron chi connectivity index (χ3n) is 4.82. The monoisotopic (exact) mass is 412 g/mol. The number of fused-ring (bicyclic) bond motifs is 1. The summed E-state index contributed by atoms with van der Waals surface area (Å²) >= 11 is 0. The maximum atomic E-state index is 12.3. The number of pyridine rings is 3. The summed E-state index contributed by atoms with van der Waals surface area (Å²) in [6, 6.07) is 12.8. The second-order valence-corrected chi connectivity index (χ2v) is 7.00. The second-order valence-electron chi connectivity index (χ2n) is 7.00. The molecule has 0 aliphatic heterocycles. The Morgan fingerprint density at radius 1 is 1.00 bits per heavy atom. The van der Waals surface area contributed by atoms with Gasteiger partial charge in [0.15, 0.2) is 0 Å². The number of carbonyl (C=O) groups is 2. The fraction of sp³-hybridized carbons (Fsp3) is 0.0870. The third-order valence-corrected chi connectivity index (χ3v) is 4.82. The van der Waals surface area contributed by atoms with Gasteiger partial charge in [0.05, 0.1) is 12.2 Å². The van der Waals surface area contributed by atoms with Crippen molar-refractivity contribution in [3.63, 3.8) is 0 Å². The van der Waals surface area contributed by atoms with E-state index in [4.69, 9.17) is 5.73 Å². The summed E-state index contributed by atoms with van der Waals surface area (Å²) in [5.74, 6) is -1.33. The first kappa shape index (κ1) is 20.0. The zero-order valence-electron chi connectivity index (χ0n) is 16.8. The molecule has 0 aliphatic rings. The van der Waals surface area contributed by atoms with Crippen molar-refractivity contribution in [2.75, 3.05) is 11.1 Å². The molecule has 8 nitrogen and oxygen atoms in total. The number of nitrogens with two attached hydrogens (primary N) is 1. The molecular weight excluding hydrogens is 392 g/mol. The van der Waals surface area contributed by atoms with Gasteiger partial charge in [0.25, 0.3) is 0 Å². The zero-order valence-corrected chi connectivity index (χ0v) is 16.8. The van der Waals surface area contributed by atoms with E-state index in [2.05, 4.69) is 25.6 Å². The molecule has 0 saturated heterocycles. The van der Waals surface area contributed by atoms with Gasteiger partial charge in [-0.05, 0) is 59.8 Å². The summed E-state index contributed by atoms with van der Waals surface area (Å²) in [6.45, 7) is 2.15. The van der Waals surface area contributed by atoms with E-state index in [0.29, 0.717) is 11.4 Å². The highest BCUT2D eigenvalue weighted by Crippen LogP contribution is 2.31. The van der Waals surface area contributed by atoms with E-state index in [1.54, 1.807) is 49.1 Å². The van der Waals surface area contributed by atoms with Crippen LogP contribution in [-0.2, 0) is 16.1 Å². The number of rotatable bonds is 4. The number of aromatic nitrogens is 3. The summed E-state index contributed by atoms with van der Waals surface area (Å²) < 4.78 is 0. The lowest BCUT2D eigenvalue weighted by molar-refractivity contribution is -0.136. The lowest BCUT2D eigenvalue weighted by atomic mass is 9.99. The van der Waals surface area contributed by atoms with Gasteiger partial charge in [-0.3, -0.25) is 19.6 Å². The van der Waals surface area contributed by atoms with Crippen LogP contribution in [-0.4, -0.2) is 26.8 Å². The van der Waals surface area contributed by atoms with Crippen LogP contribution >= 0.6 is 0 Å². The molecular formula is C23H20N6O2. The predicted octanol–water partition coefficient (Wildman–Crippen LogP) is 2.84. The van der Waals surface area contributed by atoms with Crippen molar-refractivity contribution in [1.82, 2.24) is 20.3 Å². The zero-order chi connectivity index (χ0) is 21.8. The average molecular weight is 412 g/mol. The van der Waals surface area contributed by atoms with Crippen LogP contribution in [0.25, 0.3) is 21.9 Å². The quantitative estimate of drug-likeness (QED) is 0.350. The number of hydrogen-bond acceptors (Lipinski definition) is 6. The maximum absolute atomic E-state index is 12.3. The molecule has 0 atom stereocenters. The Balaban J connectivity index is 1.53. The topological polar surface area (TPSA) is 123 Å². The molecule has 0 radical (unpaired) electrons. The molecule has 3 aromatic heterocycles. The lowest BCUT2D eigenvalue weighted by Gasteiger charge is -2.11. The van der Waals surface area contributed by atoms with E-state index in [1.807, 2.05) is 25.1 Å². The summed E-state index contributed by atoms with van der Waals surface area (Å²) in [6.07, 6.45) is 6.71. The average Bonchev–Trinajstić information content (AvgIpc) is 2.78. The second kappa shape index (κ2) is 8.58. The van der Waals surface area contributed by atoms with E-state index < -0.39 is 11.8 Å². The summed E-state index contributed by atoms with van der Waals surface area (Å²) in [4.78, 5) is 36.9. The number of amides is 2. The number of anilines is 2. The van der Waals surface area contributed by atoms with Crippen molar-refractivity contribution >= 4 is 34.1 Å². The summed E-state index contributed by atoms with van der Waals surface area (Å²) in [5.41, 5.74) is 10.4. The minimum absolute atomic E-state index is 0.155. The van der Waals surface area contributed by atoms with Crippen molar-refractivity contribution in [1.29, 1.82) is 0 Å². The first-order valence-corrected chi connectivity index (χ1v) is 9.60. The smallest absolute Gasteiger partial charge is 0.314 e. The Morgan fingerprint density at radius 3 is 2.65 bits per heavy atom. The minimum atomic E-state index is -0.810. The number of nitrogens with zero attached hydrogens (tertiary/aromatic N) is 3. The summed E-state index contributed by atoms with van der Waals surface area (Å²) in [5, 5.41) is 6.60. The van der Waals surface area contributed by atoms with Crippen molar-refractivity contribution in [2.24, 2.45) is 0 Å². The molecule has 154 valence electrons. The first-order valence-electron chi connectivity index (χ1n) is 9.60. The van der Waals surface area contributed by atoms with Crippen LogP contribution in [0.2, 0.25) is 0 Å². The maximum Gasteiger partial charge on any atom is 0.314 e. The molecule has 0 bridgehead atoms. The highest BCUT2D eigenvalue weighted by molar-refractivity contribution is 6.39. The molecule has 0 saturated carbocycles. The predicted molar refractivity (Wildman–Crippen MR) is 119 cm³/mol. The van der Waals surface area contributed by atoms with Crippen LogP contribution in [0.3, 0.4) is 0 Å². The van der Waals surface area contributed by atoms with E-state index in [0.717, 1.165) is 27.5 Å². The number of benzene rings is 1. The van der Waals surface area contributed by atoms with Gasteiger partial charge in [-0.15, -0.1) is 0 Å². The van der Waals surface area contributed by atoms with Gasteiger partial charge in [0.1, 0.15) is 5.82 Å². The standard InChI is InChI=1S/C23H20N6O2/c1-14-5-7-25-12-18(14)15-8-16-10-21(27-13-19(16)20(24)9-15)29-23(31)22(30)28-11-17-4-2-3-6-26-17/h2-10,12-13H,11,24H2,1H3,(H,28,30)(H,27,29,31). The normalized spacial score (nSPS) is 10.6. The first-order chi connectivity index (χ1) is 15.0. The fourth-order valence-corrected chi connectivity index (χ4v) is 3.20. The number of nitrogen functional groups attached to an aromatic ring is 1. The van der Waals surface area contributed by atoms with E-state index in [-0.39, 0.29) is 12.4 Å². The molecule has 3 heterocycles. The van der Waals surface area contributed by atoms with Crippen LogP contribution < -0.4 is 16.4 Å². The number of aryl methyl sites for hydroxylation is 1. The van der Waals surface area contributed by atoms with Crippen molar-refractivity contribution < 1.29 is 9.59 Å². The molecule has 8 heteroatoms. The Morgan fingerprint density at radius 2 is 1.87 bits per heavy atom. The minimum Gasteiger partial charge on any atom is -0.398 e. The Bertz CT molecular complexity index is 1270. The molecule has 2 amide bonds. The molecule has 0 aliphatic carbocycles.